The highest BCUT2D eigenvalue weighted by atomic mass is 35.5. The van der Waals surface area contributed by atoms with Gasteiger partial charge in [0.05, 0.1) is 22.7 Å². The number of hydrogen-bond acceptors (Lipinski definition) is 6. The highest BCUT2D eigenvalue weighted by Crippen LogP contribution is 2.11. The van der Waals surface area contributed by atoms with Crippen molar-refractivity contribution in [2.45, 2.75) is 6.54 Å². The molecule has 2 aromatic carbocycles. The quantitative estimate of drug-likeness (QED) is 0.474. The zero-order chi connectivity index (χ0) is 17.1. The molecule has 2 heterocycles. The molecule has 0 spiro atoms. The molecule has 0 amide bonds. The van der Waals surface area contributed by atoms with E-state index in [4.69, 9.17) is 19.8 Å². The second-order valence-corrected chi connectivity index (χ2v) is 4.89. The van der Waals surface area contributed by atoms with Gasteiger partial charge in [-0.2, -0.15) is 5.26 Å². The predicted octanol–water partition coefficient (Wildman–Crippen LogP) is 1.99. The monoisotopic (exact) mass is 360 g/mol. The number of aromatic amines is 2. The lowest BCUT2D eigenvalue weighted by Crippen LogP contribution is -1.95. The van der Waals surface area contributed by atoms with Crippen molar-refractivity contribution in [3.63, 3.8) is 0 Å². The third kappa shape index (κ3) is 3.98. The highest BCUT2D eigenvalue weighted by molar-refractivity contribution is 5.85. The van der Waals surface area contributed by atoms with Crippen LogP contribution in [-0.4, -0.2) is 9.97 Å². The molecular weight excluding hydrogens is 348 g/mol. The molecule has 25 heavy (non-hydrogen) atoms. The molecule has 0 atom stereocenters. The summed E-state index contributed by atoms with van der Waals surface area (Å²) in [5.74, 6) is -0.931. The zero-order valence-corrected chi connectivity index (χ0v) is 13.6. The number of oxazole rings is 2. The molecule has 0 bridgehead atoms. The molecule has 0 radical (unpaired) electrons. The first-order valence-electron chi connectivity index (χ1n) is 6.94. The Morgan fingerprint density at radius 2 is 1.52 bits per heavy atom. The average Bonchev–Trinajstić information content (AvgIpc) is 3.13. The summed E-state index contributed by atoms with van der Waals surface area (Å²) in [6, 6.07) is 12.1. The summed E-state index contributed by atoms with van der Waals surface area (Å²) < 4.78 is 9.56. The second-order valence-electron chi connectivity index (χ2n) is 4.89. The molecule has 128 valence electrons. The molecule has 4 aromatic rings. The lowest BCUT2D eigenvalue weighted by molar-refractivity contribution is 0.555. The summed E-state index contributed by atoms with van der Waals surface area (Å²) in [6.45, 7) is 0.461. The number of rotatable bonds is 1. The lowest BCUT2D eigenvalue weighted by atomic mass is 10.2. The number of nitriles is 1. The summed E-state index contributed by atoms with van der Waals surface area (Å²) in [4.78, 5) is 26.4. The molecule has 0 saturated carbocycles. The van der Waals surface area contributed by atoms with Gasteiger partial charge in [-0.15, -0.1) is 12.4 Å². The van der Waals surface area contributed by atoms with Crippen LogP contribution in [0.15, 0.2) is 54.8 Å². The molecule has 8 nitrogen and oxygen atoms in total. The van der Waals surface area contributed by atoms with Crippen LogP contribution in [0.4, 0.5) is 0 Å². The van der Waals surface area contributed by atoms with E-state index in [1.54, 1.807) is 30.3 Å². The Bertz CT molecular complexity index is 1160. The van der Waals surface area contributed by atoms with Gasteiger partial charge in [0.2, 0.25) is 0 Å². The van der Waals surface area contributed by atoms with E-state index >= 15 is 0 Å². The van der Waals surface area contributed by atoms with Crippen molar-refractivity contribution in [3.8, 4) is 6.07 Å². The van der Waals surface area contributed by atoms with Crippen LogP contribution in [0, 0.1) is 11.3 Å². The maximum Gasteiger partial charge on any atom is 0.417 e. The summed E-state index contributed by atoms with van der Waals surface area (Å²) in [5, 5.41) is 8.53. The number of hydrogen-bond donors (Lipinski definition) is 3. The first kappa shape index (κ1) is 18.1. The van der Waals surface area contributed by atoms with E-state index in [0.29, 0.717) is 34.3 Å². The predicted molar refractivity (Wildman–Crippen MR) is 93.5 cm³/mol. The van der Waals surface area contributed by atoms with Gasteiger partial charge in [-0.3, -0.25) is 9.97 Å². The van der Waals surface area contributed by atoms with Crippen LogP contribution in [0.5, 0.6) is 0 Å². The van der Waals surface area contributed by atoms with Crippen molar-refractivity contribution in [2.75, 3.05) is 0 Å². The molecule has 0 aliphatic rings. The van der Waals surface area contributed by atoms with Crippen LogP contribution >= 0.6 is 12.4 Å². The smallest absolute Gasteiger partial charge is 0.408 e. The van der Waals surface area contributed by atoms with Crippen molar-refractivity contribution < 1.29 is 8.83 Å². The number of nitrogens with two attached hydrogens (primary N) is 1. The van der Waals surface area contributed by atoms with Crippen molar-refractivity contribution in [3.05, 3.63) is 68.6 Å². The molecule has 0 aliphatic heterocycles. The molecule has 4 rings (SSSR count). The molecule has 4 N–H and O–H groups in total. The van der Waals surface area contributed by atoms with E-state index < -0.39 is 11.5 Å². The number of nitrogens with one attached hydrogen (secondary N) is 2. The van der Waals surface area contributed by atoms with Crippen LogP contribution in [0.3, 0.4) is 0 Å². The standard InChI is InChI=1S/C8H8N2O2.C8H4N2O2.ClH/c2*9-4-5-1-2-7-6(3-5)10-8(11)12-7;/h1-3H,4,9H2,(H,10,11);1-3H,(H,10,11);1H. The van der Waals surface area contributed by atoms with Crippen molar-refractivity contribution >= 4 is 34.6 Å². The van der Waals surface area contributed by atoms with E-state index in [-0.39, 0.29) is 12.4 Å². The fourth-order valence-electron chi connectivity index (χ4n) is 2.15. The van der Waals surface area contributed by atoms with Gasteiger partial charge in [0, 0.05) is 6.54 Å². The first-order valence-corrected chi connectivity index (χ1v) is 6.94. The van der Waals surface area contributed by atoms with Crippen LogP contribution in [0.25, 0.3) is 22.2 Å². The van der Waals surface area contributed by atoms with Gasteiger partial charge in [0.25, 0.3) is 0 Å². The first-order chi connectivity index (χ1) is 11.6. The zero-order valence-electron chi connectivity index (χ0n) is 12.7. The Balaban J connectivity index is 0.000000173. The minimum absolute atomic E-state index is 0. The molecule has 0 fully saturated rings. The SMILES string of the molecule is Cl.N#Cc1ccc2oc(=O)[nH]c2c1.NCc1ccc2oc(=O)[nH]c2c1. The minimum atomic E-state index is -0.500. The third-order valence-electron chi connectivity index (χ3n) is 3.27. The number of H-pyrrole nitrogens is 2. The molecular formula is C16H13ClN4O4. The fraction of sp³-hybridized carbons (Fsp3) is 0.0625. The topological polar surface area (TPSA) is 142 Å². The maximum atomic E-state index is 10.7. The Labute approximate surface area is 146 Å². The Morgan fingerprint density at radius 3 is 2.08 bits per heavy atom. The Kier molecular flexibility index (Phi) is 5.44. The van der Waals surface area contributed by atoms with E-state index in [0.717, 1.165) is 5.56 Å². The van der Waals surface area contributed by atoms with Crippen LogP contribution in [0.1, 0.15) is 11.1 Å². The maximum absolute atomic E-state index is 10.7. The summed E-state index contributed by atoms with van der Waals surface area (Å²) in [6.07, 6.45) is 0. The van der Waals surface area contributed by atoms with Crippen molar-refractivity contribution in [1.82, 2.24) is 9.97 Å². The minimum Gasteiger partial charge on any atom is -0.408 e. The second kappa shape index (κ2) is 7.53. The van der Waals surface area contributed by atoms with Crippen molar-refractivity contribution in [2.24, 2.45) is 5.73 Å². The van der Waals surface area contributed by atoms with Gasteiger partial charge in [-0.1, -0.05) is 6.07 Å². The third-order valence-corrected chi connectivity index (χ3v) is 3.27. The van der Waals surface area contributed by atoms with Gasteiger partial charge in [-0.05, 0) is 35.9 Å². The lowest BCUT2D eigenvalue weighted by Gasteiger charge is -1.93. The number of benzene rings is 2. The molecule has 0 saturated heterocycles. The Hall–Kier alpha value is -3.28. The van der Waals surface area contributed by atoms with E-state index in [1.165, 1.54) is 0 Å². The summed E-state index contributed by atoms with van der Waals surface area (Å²) in [7, 11) is 0. The molecule has 9 heteroatoms. The molecule has 0 unspecified atom stereocenters. The summed E-state index contributed by atoms with van der Waals surface area (Å²) >= 11 is 0. The number of fused-ring (bicyclic) bond motifs is 2. The number of aromatic nitrogens is 2. The van der Waals surface area contributed by atoms with Crippen molar-refractivity contribution in [1.29, 1.82) is 5.26 Å². The van der Waals surface area contributed by atoms with E-state index in [2.05, 4.69) is 9.97 Å². The normalized spacial score (nSPS) is 9.92. The summed E-state index contributed by atoms with van der Waals surface area (Å²) in [5.41, 5.74) is 9.19. The fourth-order valence-corrected chi connectivity index (χ4v) is 2.15. The van der Waals surface area contributed by atoms with Gasteiger partial charge in [0.15, 0.2) is 11.2 Å². The Morgan fingerprint density at radius 1 is 0.960 bits per heavy atom. The molecule has 0 aliphatic carbocycles. The van der Waals surface area contributed by atoms with Gasteiger partial charge in [-0.25, -0.2) is 9.59 Å². The van der Waals surface area contributed by atoms with Gasteiger partial charge in [0.1, 0.15) is 0 Å². The van der Waals surface area contributed by atoms with E-state index in [1.807, 2.05) is 12.1 Å². The van der Waals surface area contributed by atoms with E-state index in [9.17, 15) is 9.59 Å². The van der Waals surface area contributed by atoms with Crippen LogP contribution < -0.4 is 17.2 Å². The number of nitrogens with zero attached hydrogens (tertiary/aromatic N) is 1. The number of halogens is 1. The highest BCUT2D eigenvalue weighted by Gasteiger charge is 2.01. The average molecular weight is 361 g/mol. The molecule has 2 aromatic heterocycles. The van der Waals surface area contributed by atoms with Gasteiger partial charge >= 0.3 is 11.5 Å². The largest absolute Gasteiger partial charge is 0.417 e. The van der Waals surface area contributed by atoms with Crippen LogP contribution in [-0.2, 0) is 6.54 Å². The van der Waals surface area contributed by atoms with Crippen LogP contribution in [0.2, 0.25) is 0 Å². The van der Waals surface area contributed by atoms with Gasteiger partial charge < -0.3 is 14.6 Å².